The van der Waals surface area contributed by atoms with Crippen LogP contribution in [0.25, 0.3) is 11.1 Å². The number of carbonyl (C=O) groups excluding carboxylic acids is 1. The Morgan fingerprint density at radius 1 is 0.892 bits per heavy atom. The molecule has 6 heteroatoms. The first kappa shape index (κ1) is 24.9. The van der Waals surface area contributed by atoms with Crippen molar-refractivity contribution in [1.29, 1.82) is 0 Å². The van der Waals surface area contributed by atoms with Crippen molar-refractivity contribution in [2.24, 2.45) is 0 Å². The molecule has 0 saturated heterocycles. The highest BCUT2D eigenvalue weighted by atomic mass is 16.1. The van der Waals surface area contributed by atoms with Crippen LogP contribution in [0.3, 0.4) is 0 Å². The maximum atomic E-state index is 12.6. The zero-order valence-electron chi connectivity index (χ0n) is 21.7. The Morgan fingerprint density at radius 2 is 1.65 bits per heavy atom. The molecule has 37 heavy (non-hydrogen) atoms. The maximum absolute atomic E-state index is 12.6. The van der Waals surface area contributed by atoms with Crippen LogP contribution in [0.2, 0.25) is 0 Å². The number of nitrogens with zero attached hydrogens (tertiary/aromatic N) is 4. The topological polar surface area (TPSA) is 63.1 Å². The molecule has 0 aliphatic carbocycles. The minimum atomic E-state index is -0.176. The van der Waals surface area contributed by atoms with Gasteiger partial charge in [0.05, 0.1) is 6.04 Å². The minimum absolute atomic E-state index is 0.0399. The molecule has 1 atom stereocenters. The largest absolute Gasteiger partial charge is 0.346 e. The molecule has 190 valence electrons. The number of nitrogens with one attached hydrogen (secondary N) is 1. The van der Waals surface area contributed by atoms with E-state index in [1.165, 1.54) is 27.8 Å². The van der Waals surface area contributed by atoms with Gasteiger partial charge in [0.1, 0.15) is 5.82 Å². The molecule has 5 rings (SSSR count). The SMILES string of the molecule is Cc1ccccc1-c1ccc(CN2CCc3nnc(C(C)NC(=O)CCc4ccccc4)n3CC2)cc1. The number of hydrogen-bond donors (Lipinski definition) is 1. The van der Waals surface area contributed by atoms with Crippen molar-refractivity contribution in [2.75, 3.05) is 13.1 Å². The van der Waals surface area contributed by atoms with Crippen molar-refractivity contribution in [3.8, 4) is 11.1 Å². The van der Waals surface area contributed by atoms with E-state index in [1.54, 1.807) is 0 Å². The molecule has 0 radical (unpaired) electrons. The van der Waals surface area contributed by atoms with Crippen LogP contribution in [0.15, 0.2) is 78.9 Å². The predicted molar refractivity (Wildman–Crippen MR) is 147 cm³/mol. The first-order valence-electron chi connectivity index (χ1n) is 13.2. The summed E-state index contributed by atoms with van der Waals surface area (Å²) in [6, 6.07) is 27.4. The average molecular weight is 494 g/mol. The second-order valence-corrected chi connectivity index (χ2v) is 9.94. The third kappa shape index (κ3) is 6.15. The van der Waals surface area contributed by atoms with Gasteiger partial charge in [0.2, 0.25) is 5.91 Å². The first-order valence-corrected chi connectivity index (χ1v) is 13.2. The standard InChI is InChI=1S/C31H35N5O/c1-23-8-6-7-11-28(23)27-15-12-26(13-16-27)22-35-19-18-29-33-34-31(36(29)21-20-35)24(2)32-30(37)17-14-25-9-4-3-5-10-25/h3-13,15-16,24H,14,17-22H2,1-2H3,(H,32,37). The van der Waals surface area contributed by atoms with E-state index in [1.807, 2.05) is 25.1 Å². The Labute approximate surface area is 219 Å². The summed E-state index contributed by atoms with van der Waals surface area (Å²) in [6.07, 6.45) is 2.05. The molecule has 1 aromatic heterocycles. The Balaban J connectivity index is 1.16. The van der Waals surface area contributed by atoms with Crippen molar-refractivity contribution in [3.63, 3.8) is 0 Å². The first-order chi connectivity index (χ1) is 18.1. The fraction of sp³-hybridized carbons (Fsp3) is 0.323. The van der Waals surface area contributed by atoms with Crippen LogP contribution in [0.5, 0.6) is 0 Å². The van der Waals surface area contributed by atoms with E-state index in [2.05, 4.69) is 92.6 Å². The number of fused-ring (bicyclic) bond motifs is 1. The van der Waals surface area contributed by atoms with Gasteiger partial charge in [0, 0.05) is 39.0 Å². The fourth-order valence-corrected chi connectivity index (χ4v) is 5.09. The molecule has 0 bridgehead atoms. The third-order valence-electron chi connectivity index (χ3n) is 7.21. The molecule has 0 spiro atoms. The van der Waals surface area contributed by atoms with E-state index in [-0.39, 0.29) is 11.9 Å². The Hall–Kier alpha value is -3.77. The van der Waals surface area contributed by atoms with Crippen molar-refractivity contribution < 1.29 is 4.79 Å². The second-order valence-electron chi connectivity index (χ2n) is 9.94. The molecule has 6 nitrogen and oxygen atoms in total. The van der Waals surface area contributed by atoms with Crippen molar-refractivity contribution in [2.45, 2.75) is 52.2 Å². The van der Waals surface area contributed by atoms with Crippen LogP contribution in [-0.2, 0) is 30.7 Å². The lowest BCUT2D eigenvalue weighted by molar-refractivity contribution is -0.121. The zero-order chi connectivity index (χ0) is 25.6. The van der Waals surface area contributed by atoms with E-state index < -0.39 is 0 Å². The smallest absolute Gasteiger partial charge is 0.220 e. The predicted octanol–water partition coefficient (Wildman–Crippen LogP) is 5.12. The van der Waals surface area contributed by atoms with Gasteiger partial charge in [-0.2, -0.15) is 0 Å². The molecule has 0 saturated carbocycles. The van der Waals surface area contributed by atoms with Crippen LogP contribution < -0.4 is 5.32 Å². The molecule has 4 aromatic rings. The number of amides is 1. The van der Waals surface area contributed by atoms with Gasteiger partial charge < -0.3 is 9.88 Å². The van der Waals surface area contributed by atoms with Gasteiger partial charge in [0.15, 0.2) is 5.82 Å². The highest BCUT2D eigenvalue weighted by Gasteiger charge is 2.23. The number of rotatable bonds is 8. The summed E-state index contributed by atoms with van der Waals surface area (Å²) in [7, 11) is 0. The molecular weight excluding hydrogens is 458 g/mol. The molecule has 2 heterocycles. The van der Waals surface area contributed by atoms with Crippen LogP contribution in [0, 0.1) is 6.92 Å². The molecule has 1 N–H and O–H groups in total. The molecule has 1 amide bonds. The lowest BCUT2D eigenvalue weighted by Gasteiger charge is -2.20. The number of carbonyl (C=O) groups is 1. The van der Waals surface area contributed by atoms with Crippen molar-refractivity contribution >= 4 is 5.91 Å². The molecule has 3 aromatic carbocycles. The number of hydrogen-bond acceptors (Lipinski definition) is 4. The second kappa shape index (κ2) is 11.5. The summed E-state index contributed by atoms with van der Waals surface area (Å²) in [6.45, 7) is 7.75. The van der Waals surface area contributed by atoms with E-state index in [9.17, 15) is 4.79 Å². The summed E-state index contributed by atoms with van der Waals surface area (Å²) >= 11 is 0. The van der Waals surface area contributed by atoms with Gasteiger partial charge in [-0.15, -0.1) is 10.2 Å². The maximum Gasteiger partial charge on any atom is 0.220 e. The highest BCUT2D eigenvalue weighted by Crippen LogP contribution is 2.24. The summed E-state index contributed by atoms with van der Waals surface area (Å²) in [4.78, 5) is 15.0. The van der Waals surface area contributed by atoms with Gasteiger partial charge in [-0.3, -0.25) is 9.69 Å². The van der Waals surface area contributed by atoms with Gasteiger partial charge in [-0.05, 0) is 48.1 Å². The average Bonchev–Trinajstić information content (AvgIpc) is 3.23. The van der Waals surface area contributed by atoms with Crippen LogP contribution >= 0.6 is 0 Å². The van der Waals surface area contributed by atoms with Crippen molar-refractivity contribution in [1.82, 2.24) is 25.0 Å². The summed E-state index contributed by atoms with van der Waals surface area (Å²) in [5.41, 5.74) is 6.33. The van der Waals surface area contributed by atoms with Crippen molar-refractivity contribution in [3.05, 3.63) is 107 Å². The zero-order valence-corrected chi connectivity index (χ0v) is 21.7. The van der Waals surface area contributed by atoms with E-state index in [0.717, 1.165) is 50.7 Å². The van der Waals surface area contributed by atoms with E-state index in [0.29, 0.717) is 6.42 Å². The third-order valence-corrected chi connectivity index (χ3v) is 7.21. The molecular formula is C31H35N5O. The lowest BCUT2D eigenvalue weighted by Crippen LogP contribution is -2.30. The van der Waals surface area contributed by atoms with Gasteiger partial charge in [-0.25, -0.2) is 0 Å². The number of benzene rings is 3. The number of aromatic nitrogens is 3. The van der Waals surface area contributed by atoms with E-state index >= 15 is 0 Å². The Kier molecular flexibility index (Phi) is 7.76. The monoisotopic (exact) mass is 493 g/mol. The van der Waals surface area contributed by atoms with Gasteiger partial charge in [0.25, 0.3) is 0 Å². The van der Waals surface area contributed by atoms with Crippen LogP contribution in [-0.4, -0.2) is 38.7 Å². The van der Waals surface area contributed by atoms with Crippen LogP contribution in [0.1, 0.15) is 47.7 Å². The summed E-state index contributed by atoms with van der Waals surface area (Å²) in [5.74, 6) is 1.88. The molecule has 1 aliphatic rings. The molecule has 1 unspecified atom stereocenters. The Bertz CT molecular complexity index is 1330. The summed E-state index contributed by atoms with van der Waals surface area (Å²) < 4.78 is 2.20. The van der Waals surface area contributed by atoms with Gasteiger partial charge >= 0.3 is 0 Å². The lowest BCUT2D eigenvalue weighted by atomic mass is 9.99. The summed E-state index contributed by atoms with van der Waals surface area (Å²) in [5, 5.41) is 12.0. The normalized spacial score (nSPS) is 14.5. The van der Waals surface area contributed by atoms with Crippen LogP contribution in [0.4, 0.5) is 0 Å². The molecule has 0 fully saturated rings. The molecule has 1 aliphatic heterocycles. The Morgan fingerprint density at radius 3 is 2.43 bits per heavy atom. The quantitative estimate of drug-likeness (QED) is 0.370. The number of aryl methyl sites for hydroxylation is 2. The van der Waals surface area contributed by atoms with E-state index in [4.69, 9.17) is 0 Å². The fourth-order valence-electron chi connectivity index (χ4n) is 5.09. The minimum Gasteiger partial charge on any atom is -0.346 e. The highest BCUT2D eigenvalue weighted by molar-refractivity contribution is 5.76. The van der Waals surface area contributed by atoms with Gasteiger partial charge in [-0.1, -0.05) is 78.9 Å².